The molecule has 0 aromatic rings. The fraction of sp³-hybridized carbons (Fsp3) is 0.917. The maximum atomic E-state index is 11.5. The van der Waals surface area contributed by atoms with Gasteiger partial charge in [0.2, 0.25) is 5.91 Å². The Hall–Kier alpha value is -0.610. The first kappa shape index (κ1) is 13.5. The zero-order valence-electron chi connectivity index (χ0n) is 10.2. The highest BCUT2D eigenvalue weighted by Gasteiger charge is 2.31. The Bertz CT molecular complexity index is 223. The minimum Gasteiger partial charge on any atom is -0.388 e. The Morgan fingerprint density at radius 2 is 2.12 bits per heavy atom. The van der Waals surface area contributed by atoms with Gasteiger partial charge in [0.05, 0.1) is 5.60 Å². The number of nitrogens with one attached hydrogen (secondary N) is 1. The van der Waals surface area contributed by atoms with E-state index in [1.807, 2.05) is 6.92 Å². The van der Waals surface area contributed by atoms with E-state index < -0.39 is 5.60 Å². The maximum absolute atomic E-state index is 11.5. The molecule has 0 heterocycles. The fourth-order valence-corrected chi connectivity index (χ4v) is 2.15. The van der Waals surface area contributed by atoms with Gasteiger partial charge in [-0.05, 0) is 32.6 Å². The third kappa shape index (κ3) is 4.94. The van der Waals surface area contributed by atoms with E-state index in [4.69, 9.17) is 5.73 Å². The highest BCUT2D eigenvalue weighted by Crippen LogP contribution is 2.28. The molecule has 0 radical (unpaired) electrons. The minimum absolute atomic E-state index is 0.0287. The molecule has 1 aliphatic carbocycles. The number of nitrogens with two attached hydrogens (primary N) is 1. The lowest BCUT2D eigenvalue weighted by Gasteiger charge is -2.22. The van der Waals surface area contributed by atoms with Crippen LogP contribution in [0.4, 0.5) is 0 Å². The van der Waals surface area contributed by atoms with E-state index >= 15 is 0 Å². The summed E-state index contributed by atoms with van der Waals surface area (Å²) >= 11 is 0. The third-order valence-electron chi connectivity index (χ3n) is 3.21. The monoisotopic (exact) mass is 228 g/mol. The molecule has 4 nitrogen and oxygen atoms in total. The number of carbonyl (C=O) groups excluding carboxylic acids is 1. The molecule has 0 saturated heterocycles. The molecular formula is C12H24N2O2. The van der Waals surface area contributed by atoms with Crippen molar-refractivity contribution in [1.29, 1.82) is 0 Å². The molecule has 0 aromatic heterocycles. The maximum Gasteiger partial charge on any atom is 0.220 e. The van der Waals surface area contributed by atoms with E-state index in [1.54, 1.807) is 0 Å². The molecule has 0 spiro atoms. The van der Waals surface area contributed by atoms with Gasteiger partial charge in [0.25, 0.3) is 0 Å². The number of carbonyl (C=O) groups is 1. The number of aliphatic hydroxyl groups is 1. The van der Waals surface area contributed by atoms with Crippen LogP contribution in [0.25, 0.3) is 0 Å². The second kappa shape index (κ2) is 6.21. The molecule has 1 fully saturated rings. The summed E-state index contributed by atoms with van der Waals surface area (Å²) in [6.45, 7) is 2.35. The van der Waals surface area contributed by atoms with Crippen LogP contribution >= 0.6 is 0 Å². The number of amides is 1. The first-order valence-corrected chi connectivity index (χ1v) is 6.26. The molecule has 1 rings (SSSR count). The van der Waals surface area contributed by atoms with Gasteiger partial charge in [-0.25, -0.2) is 0 Å². The van der Waals surface area contributed by atoms with Crippen LogP contribution in [0.15, 0.2) is 0 Å². The second-order valence-corrected chi connectivity index (χ2v) is 5.08. The van der Waals surface area contributed by atoms with Gasteiger partial charge in [0, 0.05) is 19.0 Å². The van der Waals surface area contributed by atoms with Crippen molar-refractivity contribution < 1.29 is 9.90 Å². The third-order valence-corrected chi connectivity index (χ3v) is 3.21. The largest absolute Gasteiger partial charge is 0.388 e. The van der Waals surface area contributed by atoms with Gasteiger partial charge >= 0.3 is 0 Å². The van der Waals surface area contributed by atoms with Crippen molar-refractivity contribution in [2.75, 3.05) is 6.54 Å². The van der Waals surface area contributed by atoms with Crippen molar-refractivity contribution in [3.8, 4) is 0 Å². The van der Waals surface area contributed by atoms with Crippen LogP contribution in [-0.2, 0) is 4.79 Å². The van der Waals surface area contributed by atoms with Gasteiger partial charge in [0.1, 0.15) is 0 Å². The summed E-state index contributed by atoms with van der Waals surface area (Å²) in [6, 6.07) is 0.159. The van der Waals surface area contributed by atoms with Crippen molar-refractivity contribution in [2.24, 2.45) is 5.73 Å². The van der Waals surface area contributed by atoms with Gasteiger partial charge in [0.15, 0.2) is 0 Å². The second-order valence-electron chi connectivity index (χ2n) is 5.08. The number of hydrogen-bond acceptors (Lipinski definition) is 3. The summed E-state index contributed by atoms with van der Waals surface area (Å²) in [5.74, 6) is 0.0287. The summed E-state index contributed by atoms with van der Waals surface area (Å²) < 4.78 is 0. The van der Waals surface area contributed by atoms with Crippen LogP contribution in [0, 0.1) is 0 Å². The van der Waals surface area contributed by atoms with Crippen LogP contribution in [-0.4, -0.2) is 29.2 Å². The average molecular weight is 228 g/mol. The van der Waals surface area contributed by atoms with E-state index in [0.717, 1.165) is 38.5 Å². The van der Waals surface area contributed by atoms with Crippen LogP contribution < -0.4 is 11.1 Å². The van der Waals surface area contributed by atoms with E-state index in [9.17, 15) is 9.90 Å². The molecular weight excluding hydrogens is 204 g/mol. The minimum atomic E-state index is -0.642. The molecule has 0 aliphatic heterocycles. The summed E-state index contributed by atoms with van der Waals surface area (Å²) in [5, 5.41) is 12.8. The van der Waals surface area contributed by atoms with Crippen molar-refractivity contribution in [3.63, 3.8) is 0 Å². The normalized spacial score (nSPS) is 20.7. The first-order valence-electron chi connectivity index (χ1n) is 6.26. The van der Waals surface area contributed by atoms with Crippen LogP contribution in [0.1, 0.15) is 51.9 Å². The molecule has 0 bridgehead atoms. The summed E-state index contributed by atoms with van der Waals surface area (Å²) in [6.07, 6.45) is 5.96. The zero-order chi connectivity index (χ0) is 12.0. The van der Waals surface area contributed by atoms with Gasteiger partial charge in [-0.15, -0.1) is 0 Å². The molecule has 1 atom stereocenters. The Morgan fingerprint density at radius 3 is 2.69 bits per heavy atom. The average Bonchev–Trinajstić information content (AvgIpc) is 2.62. The lowest BCUT2D eigenvalue weighted by molar-refractivity contribution is -0.122. The molecule has 1 amide bonds. The number of hydrogen-bond donors (Lipinski definition) is 3. The Kier molecular flexibility index (Phi) is 5.22. The molecule has 94 valence electrons. The van der Waals surface area contributed by atoms with Gasteiger partial charge < -0.3 is 16.2 Å². The summed E-state index contributed by atoms with van der Waals surface area (Å²) in [7, 11) is 0. The highest BCUT2D eigenvalue weighted by atomic mass is 16.3. The summed E-state index contributed by atoms with van der Waals surface area (Å²) in [5.41, 5.74) is 4.96. The molecule has 16 heavy (non-hydrogen) atoms. The van der Waals surface area contributed by atoms with E-state index in [1.165, 1.54) is 0 Å². The lowest BCUT2D eigenvalue weighted by Crippen LogP contribution is -2.40. The van der Waals surface area contributed by atoms with Crippen LogP contribution in [0.5, 0.6) is 0 Å². The SMILES string of the molecule is CC(N)CCCC(=O)NCC1(O)CCCC1. The van der Waals surface area contributed by atoms with E-state index in [-0.39, 0.29) is 11.9 Å². The predicted octanol–water partition coefficient (Wildman–Crippen LogP) is 0.925. The molecule has 1 aliphatic rings. The fourth-order valence-electron chi connectivity index (χ4n) is 2.15. The Labute approximate surface area is 97.6 Å². The molecule has 0 aromatic carbocycles. The molecule has 1 unspecified atom stereocenters. The topological polar surface area (TPSA) is 75.4 Å². The van der Waals surface area contributed by atoms with Crippen molar-refractivity contribution in [2.45, 2.75) is 63.5 Å². The highest BCUT2D eigenvalue weighted by molar-refractivity contribution is 5.75. The van der Waals surface area contributed by atoms with E-state index in [2.05, 4.69) is 5.32 Å². The van der Waals surface area contributed by atoms with Crippen LogP contribution in [0.3, 0.4) is 0 Å². The van der Waals surface area contributed by atoms with Gasteiger partial charge in [-0.1, -0.05) is 12.8 Å². The van der Waals surface area contributed by atoms with Crippen molar-refractivity contribution in [1.82, 2.24) is 5.32 Å². The molecule has 4 heteroatoms. The van der Waals surface area contributed by atoms with Crippen molar-refractivity contribution in [3.05, 3.63) is 0 Å². The lowest BCUT2D eigenvalue weighted by atomic mass is 10.0. The predicted molar refractivity (Wildman–Crippen MR) is 63.9 cm³/mol. The Balaban J connectivity index is 2.10. The first-order chi connectivity index (χ1) is 7.52. The van der Waals surface area contributed by atoms with E-state index in [0.29, 0.717) is 13.0 Å². The van der Waals surface area contributed by atoms with Crippen LogP contribution in [0.2, 0.25) is 0 Å². The standard InChI is InChI=1S/C12H24N2O2/c1-10(13)5-4-6-11(15)14-9-12(16)7-2-3-8-12/h10,16H,2-9,13H2,1H3,(H,14,15). The van der Waals surface area contributed by atoms with Gasteiger partial charge in [-0.3, -0.25) is 4.79 Å². The number of rotatable bonds is 6. The summed E-state index contributed by atoms with van der Waals surface area (Å²) in [4.78, 5) is 11.5. The smallest absolute Gasteiger partial charge is 0.220 e. The van der Waals surface area contributed by atoms with Crippen molar-refractivity contribution >= 4 is 5.91 Å². The quantitative estimate of drug-likeness (QED) is 0.633. The van der Waals surface area contributed by atoms with Gasteiger partial charge in [-0.2, -0.15) is 0 Å². The molecule has 1 saturated carbocycles. The molecule has 4 N–H and O–H groups in total. The zero-order valence-corrected chi connectivity index (χ0v) is 10.2. The Morgan fingerprint density at radius 1 is 1.50 bits per heavy atom.